The summed E-state index contributed by atoms with van der Waals surface area (Å²) in [4.78, 5) is 44.5. The van der Waals surface area contributed by atoms with Crippen molar-refractivity contribution < 1.29 is 16.8 Å². The molecule has 3 fully saturated rings. The number of anilines is 1. The van der Waals surface area contributed by atoms with Crippen molar-refractivity contribution in [1.82, 2.24) is 73.4 Å². The number of aromatic nitrogens is 13. The van der Waals surface area contributed by atoms with E-state index in [1.54, 1.807) is 36.7 Å². The summed E-state index contributed by atoms with van der Waals surface area (Å²) in [5, 5.41) is 11.9. The van der Waals surface area contributed by atoms with Gasteiger partial charge in [0.15, 0.2) is 5.54 Å². The number of sulfonamides is 2. The van der Waals surface area contributed by atoms with Gasteiger partial charge in [-0.2, -0.15) is 14.5 Å². The minimum Gasteiger partial charge on any atom is -0.356 e. The van der Waals surface area contributed by atoms with Gasteiger partial charge in [0.05, 0.1) is 40.7 Å². The van der Waals surface area contributed by atoms with E-state index in [-0.39, 0.29) is 43.1 Å². The molecule has 24 heteroatoms. The summed E-state index contributed by atoms with van der Waals surface area (Å²) in [5.74, 6) is 2.03. The quantitative estimate of drug-likeness (QED) is 0.0903. The summed E-state index contributed by atoms with van der Waals surface area (Å²) in [5.41, 5.74) is 5.19. The minimum atomic E-state index is -3.26. The lowest BCUT2D eigenvalue weighted by molar-refractivity contribution is 0.0834. The molecule has 72 heavy (non-hydrogen) atoms. The first-order valence-electron chi connectivity index (χ1n) is 24.1. The molecule has 1 atom stereocenters. The van der Waals surface area contributed by atoms with Gasteiger partial charge in [0.1, 0.15) is 47.8 Å². The standard InChI is InChI=1S/C17H18N6.C16H17N7O2S.C15H23N5O2S/c1-18-9-15(12-4-2-3-5-12)23-10-13(8-22-23)16-14-6-7-19-17(14)21-11-20-16;1-3-26(24,25)22-9-16(10-22,8-17-2)23-7-12(6-21-23)14-13-4-5-18-15(13)20-11-19-14;1-16-23(21,22)9-11-3-5-12(6-4-11)20(2)15-13-7-8-17-14(13)18-10-19-15/h6-8,10-12,15H,2-5,9H2,(H,19,20,21);4-7,11H,3,8-10H2,1H3,(H,18,19,20);7-8,10-12,16H,3-6,9H2,1-2H3,(H,17,18,19)/t15-;;/m1../s1. The highest BCUT2D eigenvalue weighted by atomic mass is 32.2. The molecule has 8 aromatic heterocycles. The smallest absolute Gasteiger partial charge is 0.242 e. The summed E-state index contributed by atoms with van der Waals surface area (Å²) in [6.07, 6.45) is 26.3. The Hall–Kier alpha value is -7.12. The highest BCUT2D eigenvalue weighted by Crippen LogP contribution is 2.37. The van der Waals surface area contributed by atoms with Crippen LogP contribution < -0.4 is 9.62 Å². The molecule has 4 N–H and O–H groups in total. The molecule has 0 amide bonds. The third-order valence-electron chi connectivity index (χ3n) is 14.4. The fourth-order valence-electron chi connectivity index (χ4n) is 10.3. The van der Waals surface area contributed by atoms with E-state index in [4.69, 9.17) is 13.1 Å². The Kier molecular flexibility index (Phi) is 14.7. The molecule has 2 aliphatic carbocycles. The Morgan fingerprint density at radius 2 is 1.33 bits per heavy atom. The molecule has 0 radical (unpaired) electrons. The molecular weight excluding hydrogens is 957 g/mol. The molecule has 1 saturated heterocycles. The zero-order chi connectivity index (χ0) is 50.5. The van der Waals surface area contributed by atoms with E-state index in [9.17, 15) is 16.8 Å². The molecule has 1 aliphatic heterocycles. The van der Waals surface area contributed by atoms with Gasteiger partial charge in [-0.05, 0) is 82.5 Å². The molecule has 22 nitrogen and oxygen atoms in total. The van der Waals surface area contributed by atoms with Crippen molar-refractivity contribution in [3.63, 3.8) is 0 Å². The van der Waals surface area contributed by atoms with Crippen molar-refractivity contribution in [2.75, 3.05) is 56.7 Å². The highest BCUT2D eigenvalue weighted by Gasteiger charge is 2.52. The second kappa shape index (κ2) is 21.3. The molecule has 0 aromatic carbocycles. The van der Waals surface area contributed by atoms with Gasteiger partial charge in [0.2, 0.25) is 33.1 Å². The van der Waals surface area contributed by atoms with Crippen LogP contribution in [-0.2, 0) is 25.6 Å². The fraction of sp³-hybridized carbons (Fsp3) is 0.458. The van der Waals surface area contributed by atoms with Gasteiger partial charge in [-0.3, -0.25) is 9.36 Å². The maximum Gasteiger partial charge on any atom is 0.242 e. The Morgan fingerprint density at radius 1 is 0.764 bits per heavy atom. The normalized spacial score (nSPS) is 18.6. The molecule has 0 unspecified atom stereocenters. The van der Waals surface area contributed by atoms with Crippen LogP contribution >= 0.6 is 0 Å². The summed E-state index contributed by atoms with van der Waals surface area (Å²) in [7, 11) is -2.84. The number of hydrogen-bond donors (Lipinski definition) is 4. The van der Waals surface area contributed by atoms with Crippen LogP contribution in [0.5, 0.6) is 0 Å². The van der Waals surface area contributed by atoms with Crippen LogP contribution in [0, 0.1) is 25.0 Å². The molecule has 0 bridgehead atoms. The van der Waals surface area contributed by atoms with E-state index in [1.807, 2.05) is 53.9 Å². The van der Waals surface area contributed by atoms with Gasteiger partial charge in [-0.25, -0.2) is 64.6 Å². The van der Waals surface area contributed by atoms with Gasteiger partial charge in [0.25, 0.3) is 0 Å². The number of hydrogen-bond acceptors (Lipinski definition) is 13. The number of rotatable bonds is 14. The maximum absolute atomic E-state index is 12.0. The second-order valence-corrected chi connectivity index (χ2v) is 22.9. The minimum absolute atomic E-state index is 0.0534. The molecule has 0 spiro atoms. The summed E-state index contributed by atoms with van der Waals surface area (Å²) in [6, 6.07) is 6.43. The van der Waals surface area contributed by atoms with E-state index in [1.165, 1.54) is 43.4 Å². The van der Waals surface area contributed by atoms with Crippen LogP contribution in [0.3, 0.4) is 0 Å². The number of nitrogens with zero attached hydrogens (tertiary/aromatic N) is 14. The van der Waals surface area contributed by atoms with Gasteiger partial charge in [0, 0.05) is 79.1 Å². The van der Waals surface area contributed by atoms with Crippen LogP contribution in [0.2, 0.25) is 0 Å². The first-order chi connectivity index (χ1) is 34.9. The number of H-pyrrole nitrogens is 3. The summed E-state index contributed by atoms with van der Waals surface area (Å²) >= 11 is 0. The predicted octanol–water partition coefficient (Wildman–Crippen LogP) is 6.08. The number of nitrogens with one attached hydrogen (secondary N) is 4. The molecule has 11 rings (SSSR count). The van der Waals surface area contributed by atoms with Crippen molar-refractivity contribution in [2.45, 2.75) is 75.9 Å². The lowest BCUT2D eigenvalue weighted by Crippen LogP contribution is -2.65. The van der Waals surface area contributed by atoms with E-state index < -0.39 is 25.6 Å². The van der Waals surface area contributed by atoms with E-state index in [0.29, 0.717) is 18.5 Å². The van der Waals surface area contributed by atoms with Crippen molar-refractivity contribution in [2.24, 2.45) is 11.8 Å². The van der Waals surface area contributed by atoms with Gasteiger partial charge in [-0.1, -0.05) is 12.8 Å². The predicted molar refractivity (Wildman–Crippen MR) is 274 cm³/mol. The molecule has 8 aromatic rings. The largest absolute Gasteiger partial charge is 0.356 e. The second-order valence-electron chi connectivity index (χ2n) is 18.7. The maximum atomic E-state index is 12.0. The van der Waals surface area contributed by atoms with Gasteiger partial charge in [-0.15, -0.1) is 0 Å². The first-order valence-corrected chi connectivity index (χ1v) is 27.3. The Morgan fingerprint density at radius 3 is 1.92 bits per heavy atom. The number of aromatic amines is 3. The fourth-order valence-corrected chi connectivity index (χ4v) is 12.7. The lowest BCUT2D eigenvalue weighted by Gasteiger charge is -2.45. The zero-order valence-electron chi connectivity index (χ0n) is 40.4. The number of fused-ring (bicyclic) bond motifs is 3. The van der Waals surface area contributed by atoms with Crippen LogP contribution in [0.25, 0.3) is 65.3 Å². The van der Waals surface area contributed by atoms with Crippen molar-refractivity contribution in [1.29, 1.82) is 0 Å². The lowest BCUT2D eigenvalue weighted by atomic mass is 9.86. The summed E-state index contributed by atoms with van der Waals surface area (Å²) < 4.78 is 55.0. The molecule has 376 valence electrons. The third kappa shape index (κ3) is 10.4. The topological polar surface area (TPSA) is 256 Å². The van der Waals surface area contributed by atoms with Gasteiger partial charge < -0.3 is 29.5 Å². The average molecular weight is 1020 g/mol. The third-order valence-corrected chi connectivity index (χ3v) is 17.7. The van der Waals surface area contributed by atoms with Crippen LogP contribution in [0.15, 0.2) is 80.6 Å². The summed E-state index contributed by atoms with van der Waals surface area (Å²) in [6.45, 7) is 17.3. The van der Waals surface area contributed by atoms with Crippen LogP contribution in [-0.4, -0.2) is 143 Å². The van der Waals surface area contributed by atoms with Crippen molar-refractivity contribution in [3.8, 4) is 22.5 Å². The average Bonchev–Trinajstić information content (AvgIpc) is 4.25. The monoisotopic (exact) mass is 1010 g/mol. The van der Waals surface area contributed by atoms with E-state index >= 15 is 0 Å². The van der Waals surface area contributed by atoms with Gasteiger partial charge >= 0.3 is 0 Å². The van der Waals surface area contributed by atoms with Crippen molar-refractivity contribution in [3.05, 3.63) is 103 Å². The first kappa shape index (κ1) is 49.8. The van der Waals surface area contributed by atoms with E-state index in [0.717, 1.165) is 87.1 Å². The SMILES string of the molecule is CNS(=O)(=O)CC1CCC(N(C)c2ncnc3[nH]ccc23)CC1.[C-]#[N+]CC1(n2cc(-c3ncnc4[nH]ccc34)cn2)CN(S(=O)(=O)CC)C1.[C-]#[N+]C[C@H](C1CCCC1)n1cc(-c2ncnc3[nH]ccc23)cn1. The van der Waals surface area contributed by atoms with Crippen LogP contribution in [0.4, 0.5) is 5.82 Å². The molecule has 3 aliphatic rings. The zero-order valence-corrected chi connectivity index (χ0v) is 42.1. The molecule has 9 heterocycles. The Balaban J connectivity index is 0.000000134. The highest BCUT2D eigenvalue weighted by molar-refractivity contribution is 7.89. The van der Waals surface area contributed by atoms with Crippen LogP contribution in [0.1, 0.15) is 64.3 Å². The van der Waals surface area contributed by atoms with Crippen molar-refractivity contribution >= 4 is 59.0 Å². The Labute approximate surface area is 417 Å². The molecular formula is C48H58N18O4S2. The molecule has 2 saturated carbocycles. The van der Waals surface area contributed by atoms with E-state index in [2.05, 4.69) is 81.4 Å². The Bertz CT molecular complexity index is 3440.